The molecule has 16 heteroatoms. The second-order valence-electron chi connectivity index (χ2n) is 8.20. The number of nitrogens with zero attached hydrogens (tertiary/aromatic N) is 4. The van der Waals surface area contributed by atoms with Crippen molar-refractivity contribution in [2.45, 2.75) is 32.7 Å². The summed E-state index contributed by atoms with van der Waals surface area (Å²) in [5.41, 5.74) is 5.24. The second-order valence-corrected chi connectivity index (χ2v) is 8.99. The number of carboxylic acids is 1. The van der Waals surface area contributed by atoms with E-state index < -0.39 is 23.8 Å². The Labute approximate surface area is 221 Å². The molecule has 1 fully saturated rings. The number of nitrogens with two attached hydrogens (primary N) is 1. The van der Waals surface area contributed by atoms with E-state index >= 15 is 0 Å². The van der Waals surface area contributed by atoms with Gasteiger partial charge in [0.1, 0.15) is 22.7 Å². The highest BCUT2D eigenvalue weighted by Crippen LogP contribution is 2.26. The first-order chi connectivity index (χ1) is 17.7. The van der Waals surface area contributed by atoms with E-state index in [0.717, 1.165) is 12.1 Å². The summed E-state index contributed by atoms with van der Waals surface area (Å²) in [6.45, 7) is 5.31. The lowest BCUT2D eigenvalue weighted by atomic mass is 10.2. The van der Waals surface area contributed by atoms with Gasteiger partial charge >= 0.3 is 12.1 Å². The minimum atomic E-state index is -5.08. The molecule has 0 aliphatic carbocycles. The third-order valence-corrected chi connectivity index (χ3v) is 5.92. The van der Waals surface area contributed by atoms with Gasteiger partial charge in [0.15, 0.2) is 0 Å². The van der Waals surface area contributed by atoms with Crippen molar-refractivity contribution in [3.8, 4) is 5.88 Å². The largest absolute Gasteiger partial charge is 0.490 e. The smallest absolute Gasteiger partial charge is 0.475 e. The fourth-order valence-corrected chi connectivity index (χ4v) is 3.73. The molecule has 2 aromatic rings. The minimum absolute atomic E-state index is 0.0149. The lowest BCUT2D eigenvalue weighted by molar-refractivity contribution is -0.192. The molecule has 3 N–H and O–H groups in total. The Balaban J connectivity index is 0.000000638. The monoisotopic (exact) mass is 613 g/mol. The molecule has 0 spiro atoms. The molecule has 10 nitrogen and oxygen atoms in total. The van der Waals surface area contributed by atoms with Crippen LogP contribution in [0.4, 0.5) is 27.9 Å². The molecule has 0 bridgehead atoms. The van der Waals surface area contributed by atoms with Gasteiger partial charge in [-0.25, -0.2) is 13.6 Å². The number of carboxylic acid groups (broad SMARTS) is 1. The van der Waals surface area contributed by atoms with E-state index in [9.17, 15) is 31.5 Å². The first kappa shape index (κ1) is 31.0. The molecule has 3 rings (SSSR count). The first-order valence-corrected chi connectivity index (χ1v) is 11.9. The number of benzene rings is 1. The van der Waals surface area contributed by atoms with Crippen LogP contribution in [0.15, 0.2) is 27.5 Å². The Morgan fingerprint density at radius 2 is 1.76 bits per heavy atom. The molecule has 210 valence electrons. The van der Waals surface area contributed by atoms with Gasteiger partial charge in [0.2, 0.25) is 17.7 Å². The van der Waals surface area contributed by atoms with E-state index in [4.69, 9.17) is 20.4 Å². The molecule has 1 aromatic heterocycles. The van der Waals surface area contributed by atoms with E-state index in [-0.39, 0.29) is 46.6 Å². The Hall–Kier alpha value is -3.27. The van der Waals surface area contributed by atoms with Gasteiger partial charge in [-0.15, -0.1) is 0 Å². The zero-order valence-electron chi connectivity index (χ0n) is 20.3. The van der Waals surface area contributed by atoms with Crippen LogP contribution in [-0.2, 0) is 16.2 Å². The lowest BCUT2D eigenvalue weighted by Gasteiger charge is -2.36. The van der Waals surface area contributed by atoms with Crippen LogP contribution in [0.2, 0.25) is 0 Å². The summed E-state index contributed by atoms with van der Waals surface area (Å²) in [6.07, 6.45) is -5.08. The molecule has 1 aliphatic rings. The standard InChI is InChI=1S/C20H24BrF2N5O3.C2HF3O2/c1-12(2)28-19(30)17(21)18(31-11-13-3-4-14(22)9-15(13)23)25-20(28)27-7-5-26(6-8-27)16(29)10-24;3-2(4,5)1(6)7/h3-4,9,12H,5-8,10-11,24H2,1-2H3;(H,6,7). The molecular formula is C22H25BrF5N5O5. The van der Waals surface area contributed by atoms with Crippen molar-refractivity contribution >= 4 is 33.8 Å². The molecule has 1 aliphatic heterocycles. The zero-order chi connectivity index (χ0) is 28.8. The van der Waals surface area contributed by atoms with E-state index in [1.807, 2.05) is 18.7 Å². The number of rotatable bonds is 6. The maximum atomic E-state index is 13.9. The maximum absolute atomic E-state index is 13.9. The lowest BCUT2D eigenvalue weighted by Crippen LogP contribution is -2.51. The van der Waals surface area contributed by atoms with Crippen LogP contribution in [0.3, 0.4) is 0 Å². The summed E-state index contributed by atoms with van der Waals surface area (Å²) in [5, 5.41) is 7.12. The molecule has 2 heterocycles. The van der Waals surface area contributed by atoms with Gasteiger partial charge in [-0.2, -0.15) is 18.2 Å². The SMILES string of the molecule is CC(C)n1c(N2CCN(C(=O)CN)CC2)nc(OCc2ccc(F)cc2F)c(Br)c1=O.O=C(O)C(F)(F)F. The minimum Gasteiger partial charge on any atom is -0.475 e. The summed E-state index contributed by atoms with van der Waals surface area (Å²) < 4.78 is 66.1. The van der Waals surface area contributed by atoms with E-state index in [0.29, 0.717) is 32.1 Å². The third kappa shape index (κ3) is 7.86. The van der Waals surface area contributed by atoms with Gasteiger partial charge in [0, 0.05) is 43.9 Å². The number of carbonyl (C=O) groups is 2. The Kier molecular flexibility index (Phi) is 10.6. The molecule has 0 saturated carbocycles. The Morgan fingerprint density at radius 3 is 2.24 bits per heavy atom. The molecule has 0 atom stereocenters. The van der Waals surface area contributed by atoms with Gasteiger partial charge in [0.25, 0.3) is 5.56 Å². The van der Waals surface area contributed by atoms with Crippen molar-refractivity contribution in [3.63, 3.8) is 0 Å². The first-order valence-electron chi connectivity index (χ1n) is 11.1. The van der Waals surface area contributed by atoms with Crippen LogP contribution in [0, 0.1) is 11.6 Å². The topological polar surface area (TPSA) is 131 Å². The van der Waals surface area contributed by atoms with E-state index in [1.165, 1.54) is 10.6 Å². The number of halogens is 6. The normalized spacial score (nSPS) is 13.7. The number of aromatic nitrogens is 2. The van der Waals surface area contributed by atoms with Crippen LogP contribution in [0.25, 0.3) is 0 Å². The van der Waals surface area contributed by atoms with Gasteiger partial charge in [-0.05, 0) is 41.9 Å². The number of anilines is 1. The summed E-state index contributed by atoms with van der Waals surface area (Å²) in [4.78, 5) is 41.8. The fourth-order valence-electron chi connectivity index (χ4n) is 3.34. The molecule has 1 saturated heterocycles. The number of piperazine rings is 1. The van der Waals surface area contributed by atoms with Gasteiger partial charge in [-0.3, -0.25) is 14.2 Å². The van der Waals surface area contributed by atoms with Gasteiger partial charge < -0.3 is 25.4 Å². The van der Waals surface area contributed by atoms with Crippen molar-refractivity contribution in [1.29, 1.82) is 0 Å². The van der Waals surface area contributed by atoms with Crippen LogP contribution >= 0.6 is 15.9 Å². The van der Waals surface area contributed by atoms with Crippen LogP contribution in [-0.4, -0.2) is 70.3 Å². The predicted molar refractivity (Wildman–Crippen MR) is 129 cm³/mol. The van der Waals surface area contributed by atoms with Gasteiger partial charge in [-0.1, -0.05) is 0 Å². The van der Waals surface area contributed by atoms with Crippen LogP contribution in [0.1, 0.15) is 25.5 Å². The molecular weight excluding hydrogens is 589 g/mol. The molecule has 1 aromatic carbocycles. The number of hydrogen-bond acceptors (Lipinski definition) is 7. The third-order valence-electron chi connectivity index (χ3n) is 5.24. The summed E-state index contributed by atoms with van der Waals surface area (Å²) in [5.74, 6) is -3.90. The Morgan fingerprint density at radius 1 is 1.18 bits per heavy atom. The van der Waals surface area contributed by atoms with E-state index in [2.05, 4.69) is 20.9 Å². The average molecular weight is 614 g/mol. The van der Waals surface area contributed by atoms with Crippen LogP contribution in [0.5, 0.6) is 5.88 Å². The van der Waals surface area contributed by atoms with Crippen molar-refractivity contribution in [2.75, 3.05) is 37.6 Å². The number of aliphatic carboxylic acids is 1. The van der Waals surface area contributed by atoms with Crippen molar-refractivity contribution < 1.29 is 41.4 Å². The van der Waals surface area contributed by atoms with Crippen molar-refractivity contribution in [3.05, 3.63) is 50.2 Å². The number of hydrogen-bond donors (Lipinski definition) is 2. The quantitative estimate of drug-likeness (QED) is 0.476. The summed E-state index contributed by atoms with van der Waals surface area (Å²) in [7, 11) is 0. The fraction of sp³-hybridized carbons (Fsp3) is 0.455. The second kappa shape index (κ2) is 13.0. The molecule has 1 amide bonds. The number of amides is 1. The molecule has 0 unspecified atom stereocenters. The van der Waals surface area contributed by atoms with Crippen molar-refractivity contribution in [2.24, 2.45) is 5.73 Å². The highest BCUT2D eigenvalue weighted by Gasteiger charge is 2.38. The molecule has 0 radical (unpaired) electrons. The molecule has 38 heavy (non-hydrogen) atoms. The van der Waals surface area contributed by atoms with Crippen LogP contribution < -0.4 is 20.9 Å². The Bertz CT molecular complexity index is 1220. The number of ether oxygens (including phenoxy) is 1. The predicted octanol–water partition coefficient (Wildman–Crippen LogP) is 2.68. The highest BCUT2D eigenvalue weighted by atomic mass is 79.9. The average Bonchev–Trinajstić information content (AvgIpc) is 2.84. The van der Waals surface area contributed by atoms with E-state index in [1.54, 1.807) is 4.90 Å². The van der Waals surface area contributed by atoms with Gasteiger partial charge in [0.05, 0.1) is 6.54 Å². The highest BCUT2D eigenvalue weighted by molar-refractivity contribution is 9.10. The number of carbonyl (C=O) groups excluding carboxylic acids is 1. The summed E-state index contributed by atoms with van der Waals surface area (Å²) in [6, 6.07) is 3.00. The summed E-state index contributed by atoms with van der Waals surface area (Å²) >= 11 is 3.24. The maximum Gasteiger partial charge on any atom is 0.490 e. The number of alkyl halides is 3. The zero-order valence-corrected chi connectivity index (χ0v) is 21.9. The van der Waals surface area contributed by atoms with Crippen molar-refractivity contribution in [1.82, 2.24) is 14.5 Å².